The van der Waals surface area contributed by atoms with Crippen molar-refractivity contribution in [1.82, 2.24) is 4.90 Å². The molecule has 0 aromatic carbocycles. The molecule has 5 heteroatoms. The fraction of sp³-hybridized carbons (Fsp3) is 0.900. The molecule has 0 aliphatic carbocycles. The number of carbonyl (C=O) groups excluding carboxylic acids is 2. The molecule has 1 unspecified atom stereocenters. The fourth-order valence-corrected chi connectivity index (χ4v) is 3.14. The van der Waals surface area contributed by atoms with Crippen LogP contribution in [0.4, 0.5) is 4.79 Å². The molecule has 1 aliphatic heterocycles. The van der Waals surface area contributed by atoms with Crippen LogP contribution in [0.5, 0.6) is 0 Å². The van der Waals surface area contributed by atoms with Gasteiger partial charge in [0.05, 0.1) is 13.2 Å². The Morgan fingerprint density at radius 2 is 1.44 bits per heavy atom. The SMILES string of the molecule is CCCCCCCCOC(=O)N1CCCCC1C(=O)OCCCCC. The lowest BCUT2D eigenvalue weighted by Crippen LogP contribution is -2.49. The molecule has 25 heavy (non-hydrogen) atoms. The zero-order chi connectivity index (χ0) is 18.3. The zero-order valence-corrected chi connectivity index (χ0v) is 16.3. The lowest BCUT2D eigenvalue weighted by Gasteiger charge is -2.33. The topological polar surface area (TPSA) is 55.8 Å². The van der Waals surface area contributed by atoms with E-state index < -0.39 is 6.04 Å². The van der Waals surface area contributed by atoms with E-state index in [1.54, 1.807) is 4.90 Å². The van der Waals surface area contributed by atoms with Crippen LogP contribution in [0.1, 0.15) is 90.9 Å². The van der Waals surface area contributed by atoms with Crippen LogP contribution in [-0.2, 0) is 14.3 Å². The van der Waals surface area contributed by atoms with Crippen molar-refractivity contribution in [3.63, 3.8) is 0 Å². The number of esters is 1. The number of carbonyl (C=O) groups is 2. The van der Waals surface area contributed by atoms with E-state index >= 15 is 0 Å². The molecule has 0 N–H and O–H groups in total. The molecule has 1 fully saturated rings. The summed E-state index contributed by atoms with van der Waals surface area (Å²) in [6, 6.07) is -0.465. The summed E-state index contributed by atoms with van der Waals surface area (Å²) in [7, 11) is 0. The molecule has 146 valence electrons. The Labute approximate surface area is 153 Å². The molecule has 1 heterocycles. The van der Waals surface area contributed by atoms with E-state index in [1.165, 1.54) is 25.7 Å². The highest BCUT2D eigenvalue weighted by atomic mass is 16.6. The smallest absolute Gasteiger partial charge is 0.410 e. The first-order valence-corrected chi connectivity index (χ1v) is 10.3. The monoisotopic (exact) mass is 355 g/mol. The van der Waals surface area contributed by atoms with Crippen LogP contribution < -0.4 is 0 Å². The zero-order valence-electron chi connectivity index (χ0n) is 16.3. The van der Waals surface area contributed by atoms with Gasteiger partial charge in [-0.05, 0) is 32.1 Å². The molecule has 1 saturated heterocycles. The minimum absolute atomic E-state index is 0.271. The molecular formula is C20H37NO4. The Bertz CT molecular complexity index is 373. The summed E-state index contributed by atoms with van der Waals surface area (Å²) in [4.78, 5) is 26.2. The number of hydrogen-bond donors (Lipinski definition) is 0. The van der Waals surface area contributed by atoms with Crippen molar-refractivity contribution in [3.8, 4) is 0 Å². The highest BCUT2D eigenvalue weighted by Crippen LogP contribution is 2.19. The summed E-state index contributed by atoms with van der Waals surface area (Å²) in [5.74, 6) is -0.271. The van der Waals surface area contributed by atoms with Gasteiger partial charge in [-0.2, -0.15) is 0 Å². The largest absolute Gasteiger partial charge is 0.464 e. The maximum absolute atomic E-state index is 12.3. The standard InChI is InChI=1S/C20H37NO4/c1-3-5-7-8-9-13-17-25-20(23)21-15-11-10-14-18(21)19(22)24-16-12-6-4-2/h18H,3-17H2,1-2H3. The number of nitrogens with zero attached hydrogens (tertiary/aromatic N) is 1. The number of piperidine rings is 1. The second kappa shape index (κ2) is 14.0. The van der Waals surface area contributed by atoms with Crippen LogP contribution in [0, 0.1) is 0 Å². The Kier molecular flexibility index (Phi) is 12.2. The minimum atomic E-state index is -0.465. The van der Waals surface area contributed by atoms with Gasteiger partial charge in [-0.25, -0.2) is 9.59 Å². The van der Waals surface area contributed by atoms with Gasteiger partial charge in [-0.1, -0.05) is 58.8 Å². The van der Waals surface area contributed by atoms with Gasteiger partial charge in [0.2, 0.25) is 0 Å². The molecule has 0 spiro atoms. The van der Waals surface area contributed by atoms with Crippen LogP contribution >= 0.6 is 0 Å². The van der Waals surface area contributed by atoms with E-state index in [0.717, 1.165) is 44.9 Å². The summed E-state index contributed by atoms with van der Waals surface area (Å²) < 4.78 is 10.7. The van der Waals surface area contributed by atoms with E-state index in [-0.39, 0.29) is 12.1 Å². The molecule has 0 bridgehead atoms. The van der Waals surface area contributed by atoms with Gasteiger partial charge in [0, 0.05) is 6.54 Å². The van der Waals surface area contributed by atoms with E-state index in [9.17, 15) is 9.59 Å². The first kappa shape index (κ1) is 21.8. The lowest BCUT2D eigenvalue weighted by molar-refractivity contribution is -0.150. The van der Waals surface area contributed by atoms with Crippen molar-refractivity contribution in [1.29, 1.82) is 0 Å². The van der Waals surface area contributed by atoms with Crippen molar-refractivity contribution in [2.45, 2.75) is 96.9 Å². The first-order valence-electron chi connectivity index (χ1n) is 10.3. The van der Waals surface area contributed by atoms with Crippen LogP contribution in [-0.4, -0.2) is 42.8 Å². The molecule has 1 aliphatic rings. The number of rotatable bonds is 12. The van der Waals surface area contributed by atoms with Crippen LogP contribution in [0.25, 0.3) is 0 Å². The third-order valence-corrected chi connectivity index (χ3v) is 4.73. The molecule has 0 aromatic heterocycles. The van der Waals surface area contributed by atoms with Crippen molar-refractivity contribution >= 4 is 12.1 Å². The van der Waals surface area contributed by atoms with Crippen molar-refractivity contribution < 1.29 is 19.1 Å². The van der Waals surface area contributed by atoms with E-state index in [2.05, 4.69) is 13.8 Å². The maximum Gasteiger partial charge on any atom is 0.410 e. The number of hydrogen-bond acceptors (Lipinski definition) is 4. The summed E-state index contributed by atoms with van der Waals surface area (Å²) in [6.45, 7) is 5.80. The van der Waals surface area contributed by atoms with Crippen LogP contribution in [0.3, 0.4) is 0 Å². The second-order valence-electron chi connectivity index (χ2n) is 6.96. The van der Waals surface area contributed by atoms with E-state index in [1.807, 2.05) is 0 Å². The predicted octanol–water partition coefficient (Wildman–Crippen LogP) is 5.07. The lowest BCUT2D eigenvalue weighted by atomic mass is 10.0. The normalized spacial score (nSPS) is 17.4. The second-order valence-corrected chi connectivity index (χ2v) is 6.96. The average molecular weight is 356 g/mol. The first-order chi connectivity index (χ1) is 12.2. The average Bonchev–Trinajstić information content (AvgIpc) is 2.64. The van der Waals surface area contributed by atoms with Crippen LogP contribution in [0.2, 0.25) is 0 Å². The Morgan fingerprint density at radius 1 is 0.840 bits per heavy atom. The van der Waals surface area contributed by atoms with Crippen LogP contribution in [0.15, 0.2) is 0 Å². The third-order valence-electron chi connectivity index (χ3n) is 4.73. The molecule has 1 amide bonds. The maximum atomic E-state index is 12.3. The highest BCUT2D eigenvalue weighted by Gasteiger charge is 2.34. The van der Waals surface area contributed by atoms with Gasteiger partial charge < -0.3 is 9.47 Å². The molecule has 0 saturated carbocycles. The molecular weight excluding hydrogens is 318 g/mol. The molecule has 0 radical (unpaired) electrons. The van der Waals surface area contributed by atoms with E-state index in [0.29, 0.717) is 26.2 Å². The number of likely N-dealkylation sites (tertiary alicyclic amines) is 1. The fourth-order valence-electron chi connectivity index (χ4n) is 3.14. The Morgan fingerprint density at radius 3 is 2.20 bits per heavy atom. The highest BCUT2D eigenvalue weighted by molar-refractivity contribution is 5.81. The Hall–Kier alpha value is -1.26. The summed E-state index contributed by atoms with van der Waals surface area (Å²) in [5.41, 5.74) is 0. The van der Waals surface area contributed by atoms with Crippen molar-refractivity contribution in [2.75, 3.05) is 19.8 Å². The van der Waals surface area contributed by atoms with Crippen molar-refractivity contribution in [3.05, 3.63) is 0 Å². The molecule has 5 nitrogen and oxygen atoms in total. The number of ether oxygens (including phenoxy) is 2. The minimum Gasteiger partial charge on any atom is -0.464 e. The van der Waals surface area contributed by atoms with Gasteiger partial charge in [0.15, 0.2) is 0 Å². The van der Waals surface area contributed by atoms with Crippen molar-refractivity contribution in [2.24, 2.45) is 0 Å². The summed E-state index contributed by atoms with van der Waals surface area (Å²) in [5, 5.41) is 0. The number of unbranched alkanes of at least 4 members (excludes halogenated alkanes) is 7. The summed E-state index contributed by atoms with van der Waals surface area (Å²) >= 11 is 0. The number of amides is 1. The molecule has 0 aromatic rings. The third kappa shape index (κ3) is 9.13. The van der Waals surface area contributed by atoms with E-state index in [4.69, 9.17) is 9.47 Å². The predicted molar refractivity (Wildman–Crippen MR) is 99.6 cm³/mol. The van der Waals surface area contributed by atoms with Gasteiger partial charge in [0.25, 0.3) is 0 Å². The molecule has 1 rings (SSSR count). The summed E-state index contributed by atoms with van der Waals surface area (Å²) in [6.07, 6.45) is 12.2. The Balaban J connectivity index is 2.29. The van der Waals surface area contributed by atoms with Gasteiger partial charge in [0.1, 0.15) is 6.04 Å². The van der Waals surface area contributed by atoms with Gasteiger partial charge in [-0.3, -0.25) is 4.90 Å². The quantitative estimate of drug-likeness (QED) is 0.362. The van der Waals surface area contributed by atoms with Gasteiger partial charge >= 0.3 is 12.1 Å². The van der Waals surface area contributed by atoms with Gasteiger partial charge in [-0.15, -0.1) is 0 Å². The molecule has 1 atom stereocenters.